The zero-order valence-corrected chi connectivity index (χ0v) is 18.6. The topological polar surface area (TPSA) is 47.3 Å². The number of benzene rings is 2. The minimum Gasteiger partial charge on any atom is -0.464 e. The number of aliphatic hydroxyl groups is 1. The second kappa shape index (κ2) is 6.54. The van der Waals surface area contributed by atoms with Crippen LogP contribution in [-0.2, 0) is 5.60 Å². The first-order valence-corrected chi connectivity index (χ1v) is 10.9. The lowest BCUT2D eigenvalue weighted by atomic mass is 10.1. The molecule has 0 spiro atoms. The molecular formula is C21H15BrClFN2O2S. The van der Waals surface area contributed by atoms with Crippen LogP contribution < -0.4 is 4.74 Å². The highest BCUT2D eigenvalue weighted by Crippen LogP contribution is 2.47. The monoisotopic (exact) mass is 492 g/mol. The Bertz CT molecular complexity index is 1280. The summed E-state index contributed by atoms with van der Waals surface area (Å²) in [6.07, 6.45) is 1.16. The molecule has 1 aliphatic rings. The van der Waals surface area contributed by atoms with E-state index in [-0.39, 0.29) is 5.82 Å². The molecule has 0 radical (unpaired) electrons. The Balaban J connectivity index is 1.79. The van der Waals surface area contributed by atoms with Crippen LogP contribution in [0.25, 0.3) is 22.2 Å². The van der Waals surface area contributed by atoms with Crippen LogP contribution in [0.3, 0.4) is 0 Å². The van der Waals surface area contributed by atoms with Crippen molar-refractivity contribution in [1.82, 2.24) is 9.55 Å². The standard InChI is InChI=1S/C21H15BrClFN2O2S/c1-21(2,27)20-25-9-17(29-20)19-26-14-4-3-12(23)5-10(14)6-15(26)18-13(24)7-11(22)8-16(18)28-19/h3-9,19,27H,1-2H3. The Labute approximate surface area is 183 Å². The normalized spacial score (nSPS) is 15.9. The molecule has 3 heterocycles. The van der Waals surface area contributed by atoms with Crippen molar-refractivity contribution in [2.45, 2.75) is 25.7 Å². The lowest BCUT2D eigenvalue weighted by Gasteiger charge is -2.29. The maximum atomic E-state index is 14.9. The van der Waals surface area contributed by atoms with Gasteiger partial charge in [-0.15, -0.1) is 11.3 Å². The fourth-order valence-corrected chi connectivity index (χ4v) is 5.11. The molecule has 1 unspecified atom stereocenters. The second-order valence-electron chi connectivity index (χ2n) is 7.46. The van der Waals surface area contributed by atoms with E-state index in [4.69, 9.17) is 16.3 Å². The zero-order valence-electron chi connectivity index (χ0n) is 15.4. The molecule has 0 amide bonds. The molecule has 148 valence electrons. The van der Waals surface area contributed by atoms with Crippen LogP contribution >= 0.6 is 38.9 Å². The first-order chi connectivity index (χ1) is 13.7. The van der Waals surface area contributed by atoms with Gasteiger partial charge in [-0.1, -0.05) is 27.5 Å². The Morgan fingerprint density at radius 2 is 2.07 bits per heavy atom. The molecule has 0 aliphatic carbocycles. The van der Waals surface area contributed by atoms with Gasteiger partial charge in [0.15, 0.2) is 0 Å². The lowest BCUT2D eigenvalue weighted by Crippen LogP contribution is -2.22. The molecule has 29 heavy (non-hydrogen) atoms. The van der Waals surface area contributed by atoms with Crippen LogP contribution in [0.5, 0.6) is 5.75 Å². The van der Waals surface area contributed by atoms with E-state index in [0.29, 0.717) is 31.5 Å². The Morgan fingerprint density at radius 1 is 1.28 bits per heavy atom. The fourth-order valence-electron chi connectivity index (χ4n) is 3.59. The molecule has 0 saturated heterocycles. The van der Waals surface area contributed by atoms with Gasteiger partial charge in [-0.3, -0.25) is 4.57 Å². The van der Waals surface area contributed by atoms with E-state index >= 15 is 0 Å². The van der Waals surface area contributed by atoms with Crippen molar-refractivity contribution >= 4 is 49.8 Å². The van der Waals surface area contributed by atoms with Crippen molar-refractivity contribution in [1.29, 1.82) is 0 Å². The molecule has 4 aromatic rings. The summed E-state index contributed by atoms with van der Waals surface area (Å²) >= 11 is 10.9. The summed E-state index contributed by atoms with van der Waals surface area (Å²) < 4.78 is 23.7. The largest absolute Gasteiger partial charge is 0.464 e. The molecule has 1 atom stereocenters. The number of thiazole rings is 1. The molecule has 8 heteroatoms. The quantitative estimate of drug-likeness (QED) is 0.347. The smallest absolute Gasteiger partial charge is 0.213 e. The zero-order chi connectivity index (χ0) is 20.5. The number of ether oxygens (including phenoxy) is 1. The molecule has 4 nitrogen and oxygen atoms in total. The van der Waals surface area contributed by atoms with Gasteiger partial charge < -0.3 is 9.84 Å². The predicted octanol–water partition coefficient (Wildman–Crippen LogP) is 6.49. The average molecular weight is 494 g/mol. The Hall–Kier alpha value is -1.93. The Morgan fingerprint density at radius 3 is 2.79 bits per heavy atom. The molecule has 0 bridgehead atoms. The van der Waals surface area contributed by atoms with Crippen LogP contribution in [0.15, 0.2) is 47.1 Å². The molecular weight excluding hydrogens is 479 g/mol. The highest BCUT2D eigenvalue weighted by atomic mass is 79.9. The maximum absolute atomic E-state index is 14.9. The summed E-state index contributed by atoms with van der Waals surface area (Å²) in [7, 11) is 0. The summed E-state index contributed by atoms with van der Waals surface area (Å²) in [6, 6.07) is 10.7. The highest BCUT2D eigenvalue weighted by Gasteiger charge is 2.33. The minimum absolute atomic E-state index is 0.371. The van der Waals surface area contributed by atoms with Gasteiger partial charge in [0.1, 0.15) is 22.2 Å². The van der Waals surface area contributed by atoms with Crippen molar-refractivity contribution in [3.63, 3.8) is 0 Å². The van der Waals surface area contributed by atoms with Gasteiger partial charge in [0.05, 0.1) is 21.7 Å². The third-order valence-corrected chi connectivity index (χ3v) is 6.87. The van der Waals surface area contributed by atoms with Crippen LogP contribution in [-0.4, -0.2) is 14.7 Å². The first kappa shape index (κ1) is 19.1. The highest BCUT2D eigenvalue weighted by molar-refractivity contribution is 9.10. The van der Waals surface area contributed by atoms with E-state index in [2.05, 4.69) is 20.9 Å². The van der Waals surface area contributed by atoms with Gasteiger partial charge in [0, 0.05) is 21.1 Å². The van der Waals surface area contributed by atoms with E-state index in [1.165, 1.54) is 17.4 Å². The van der Waals surface area contributed by atoms with E-state index in [1.54, 1.807) is 32.2 Å². The van der Waals surface area contributed by atoms with E-state index in [1.807, 2.05) is 22.8 Å². The number of aromatic nitrogens is 2. The number of fused-ring (bicyclic) bond motifs is 5. The average Bonchev–Trinajstić information content (AvgIpc) is 3.24. The van der Waals surface area contributed by atoms with Gasteiger partial charge in [-0.2, -0.15) is 0 Å². The van der Waals surface area contributed by atoms with E-state index in [9.17, 15) is 9.50 Å². The first-order valence-electron chi connectivity index (χ1n) is 8.87. The summed E-state index contributed by atoms with van der Waals surface area (Å²) in [4.78, 5) is 5.18. The number of halogens is 3. The van der Waals surface area contributed by atoms with Crippen molar-refractivity contribution < 1.29 is 14.2 Å². The molecule has 1 N–H and O–H groups in total. The Kier molecular flexibility index (Phi) is 4.30. The molecule has 1 aliphatic heterocycles. The maximum Gasteiger partial charge on any atom is 0.213 e. The molecule has 0 fully saturated rings. The van der Waals surface area contributed by atoms with Gasteiger partial charge >= 0.3 is 0 Å². The van der Waals surface area contributed by atoms with Crippen molar-refractivity contribution in [3.05, 3.63) is 67.8 Å². The van der Waals surface area contributed by atoms with E-state index in [0.717, 1.165) is 15.8 Å². The third kappa shape index (κ3) is 3.08. The van der Waals surface area contributed by atoms with Gasteiger partial charge in [-0.25, -0.2) is 9.37 Å². The van der Waals surface area contributed by atoms with Crippen LogP contribution in [0.4, 0.5) is 4.39 Å². The summed E-state index contributed by atoms with van der Waals surface area (Å²) in [5.41, 5.74) is 0.932. The van der Waals surface area contributed by atoms with Crippen molar-refractivity contribution in [2.24, 2.45) is 0 Å². The van der Waals surface area contributed by atoms with Crippen LogP contribution in [0, 0.1) is 5.82 Å². The number of hydrogen-bond donors (Lipinski definition) is 1. The number of hydrogen-bond acceptors (Lipinski definition) is 4. The summed E-state index contributed by atoms with van der Waals surface area (Å²) in [5, 5.41) is 12.4. The SMILES string of the molecule is CC(C)(O)c1ncc(C2Oc3cc(Br)cc(F)c3-c3cc4cc(Cl)ccc4n32)s1. The molecule has 2 aromatic heterocycles. The predicted molar refractivity (Wildman–Crippen MR) is 116 cm³/mol. The van der Waals surface area contributed by atoms with Gasteiger partial charge in [0.2, 0.25) is 6.23 Å². The van der Waals surface area contributed by atoms with E-state index < -0.39 is 11.8 Å². The van der Waals surface area contributed by atoms with Crippen molar-refractivity contribution in [3.8, 4) is 17.0 Å². The lowest BCUT2D eigenvalue weighted by molar-refractivity contribution is 0.0783. The molecule has 0 saturated carbocycles. The second-order valence-corrected chi connectivity index (χ2v) is 9.87. The van der Waals surface area contributed by atoms with Gasteiger partial charge in [0.25, 0.3) is 0 Å². The minimum atomic E-state index is -1.06. The van der Waals surface area contributed by atoms with Crippen LogP contribution in [0.2, 0.25) is 5.02 Å². The van der Waals surface area contributed by atoms with Crippen LogP contribution in [0.1, 0.15) is 30.0 Å². The van der Waals surface area contributed by atoms with Gasteiger partial charge in [-0.05, 0) is 50.2 Å². The number of nitrogens with zero attached hydrogens (tertiary/aromatic N) is 2. The number of rotatable bonds is 2. The molecule has 5 rings (SSSR count). The molecule has 2 aromatic carbocycles. The van der Waals surface area contributed by atoms with Crippen molar-refractivity contribution in [2.75, 3.05) is 0 Å². The third-order valence-electron chi connectivity index (χ3n) is 4.84. The summed E-state index contributed by atoms with van der Waals surface area (Å²) in [6.45, 7) is 3.38. The summed E-state index contributed by atoms with van der Waals surface area (Å²) in [5.74, 6) is 0.0750. The fraction of sp³-hybridized carbons (Fsp3) is 0.190.